The molecule has 1 saturated heterocycles. The molecule has 6 heteroatoms. The highest BCUT2D eigenvalue weighted by Crippen LogP contribution is 2.42. The highest BCUT2D eigenvalue weighted by Gasteiger charge is 2.40. The molecule has 1 aliphatic heterocycles. The molecule has 2 saturated carbocycles. The summed E-state index contributed by atoms with van der Waals surface area (Å²) < 4.78 is 0. The van der Waals surface area contributed by atoms with E-state index in [9.17, 15) is 4.79 Å². The minimum Gasteiger partial charge on any atom is -0.371 e. The third kappa shape index (κ3) is 5.14. The van der Waals surface area contributed by atoms with E-state index in [1.54, 1.807) is 0 Å². The van der Waals surface area contributed by atoms with Gasteiger partial charge < -0.3 is 16.0 Å². The molecule has 1 heterocycles. The summed E-state index contributed by atoms with van der Waals surface area (Å²) >= 11 is 0. The van der Waals surface area contributed by atoms with Crippen molar-refractivity contribution in [1.82, 2.24) is 0 Å². The van der Waals surface area contributed by atoms with Crippen LogP contribution in [0, 0.1) is 23.7 Å². The molecule has 2 unspecified atom stereocenters. The summed E-state index contributed by atoms with van der Waals surface area (Å²) in [5.41, 5.74) is 8.54. The van der Waals surface area contributed by atoms with Gasteiger partial charge >= 0.3 is 0 Å². The number of carbonyl (C=O) groups is 1. The Kier molecular flexibility index (Phi) is 8.47. The summed E-state index contributed by atoms with van der Waals surface area (Å²) in [4.78, 5) is 15.3. The Balaban J connectivity index is 0.00000140. The van der Waals surface area contributed by atoms with Crippen molar-refractivity contribution in [3.8, 4) is 0 Å². The van der Waals surface area contributed by atoms with Gasteiger partial charge in [-0.15, -0.1) is 24.8 Å². The van der Waals surface area contributed by atoms with Gasteiger partial charge in [0.05, 0.1) is 0 Å². The molecular formula is C22H35Cl2N3O. The number of carbonyl (C=O) groups excluding carboxylic acids is 1. The molecule has 4 rings (SSSR count). The number of amides is 1. The molecule has 3 N–H and O–H groups in total. The number of nitrogens with one attached hydrogen (secondary N) is 1. The van der Waals surface area contributed by atoms with Crippen LogP contribution in [0.15, 0.2) is 24.3 Å². The molecule has 0 spiro atoms. The van der Waals surface area contributed by atoms with E-state index in [1.165, 1.54) is 37.8 Å². The Morgan fingerprint density at radius 2 is 1.71 bits per heavy atom. The number of hydrogen-bond donors (Lipinski definition) is 2. The second-order valence-electron chi connectivity index (χ2n) is 8.91. The average Bonchev–Trinajstić information content (AvgIpc) is 2.62. The minimum absolute atomic E-state index is 0. The lowest BCUT2D eigenvalue weighted by Crippen LogP contribution is -2.48. The Morgan fingerprint density at radius 3 is 2.36 bits per heavy atom. The molecule has 1 aromatic rings. The fourth-order valence-electron chi connectivity index (χ4n) is 5.29. The normalized spacial score (nSPS) is 30.0. The van der Waals surface area contributed by atoms with Crippen molar-refractivity contribution in [2.24, 2.45) is 29.4 Å². The van der Waals surface area contributed by atoms with Crippen LogP contribution in [0.5, 0.6) is 0 Å². The summed E-state index contributed by atoms with van der Waals surface area (Å²) in [5, 5.41) is 3.20. The highest BCUT2D eigenvalue weighted by molar-refractivity contribution is 5.93. The zero-order valence-corrected chi connectivity index (χ0v) is 18.4. The summed E-state index contributed by atoms with van der Waals surface area (Å²) in [7, 11) is 0. The average molecular weight is 428 g/mol. The molecule has 3 fully saturated rings. The van der Waals surface area contributed by atoms with E-state index in [1.807, 2.05) is 6.07 Å². The number of benzene rings is 1. The number of fused-ring (bicyclic) bond motifs is 2. The zero-order chi connectivity index (χ0) is 18.1. The van der Waals surface area contributed by atoms with E-state index in [-0.39, 0.29) is 36.6 Å². The standard InChI is InChI=1S/C22H33N3O.2ClH/c1-15-8-10-25(11-9-15)20-7-3-6-19(14-20)24-22(26)18-12-16-4-2-5-17(13-18)21(16)23;;/h3,6-7,14-18,21H,2,4-5,8-13,23H2,1H3,(H,24,26);2*1H. The Bertz CT molecular complexity index is 634. The first-order chi connectivity index (χ1) is 12.6. The van der Waals surface area contributed by atoms with Crippen LogP contribution in [0.2, 0.25) is 0 Å². The van der Waals surface area contributed by atoms with Crippen LogP contribution in [0.3, 0.4) is 0 Å². The Hall–Kier alpha value is -0.970. The van der Waals surface area contributed by atoms with Crippen molar-refractivity contribution in [1.29, 1.82) is 0 Å². The monoisotopic (exact) mass is 427 g/mol. The van der Waals surface area contributed by atoms with Crippen molar-refractivity contribution in [3.63, 3.8) is 0 Å². The van der Waals surface area contributed by atoms with Gasteiger partial charge in [-0.3, -0.25) is 4.79 Å². The van der Waals surface area contributed by atoms with Crippen molar-refractivity contribution >= 4 is 42.1 Å². The predicted octanol–water partition coefficient (Wildman–Crippen LogP) is 4.86. The topological polar surface area (TPSA) is 58.4 Å². The molecular weight excluding hydrogens is 393 g/mol. The van der Waals surface area contributed by atoms with E-state index in [2.05, 4.69) is 35.3 Å². The van der Waals surface area contributed by atoms with E-state index >= 15 is 0 Å². The largest absolute Gasteiger partial charge is 0.371 e. The van der Waals surface area contributed by atoms with Gasteiger partial charge in [0.15, 0.2) is 0 Å². The number of anilines is 2. The van der Waals surface area contributed by atoms with Gasteiger partial charge in [-0.25, -0.2) is 0 Å². The quantitative estimate of drug-likeness (QED) is 0.723. The fourth-order valence-corrected chi connectivity index (χ4v) is 5.29. The molecule has 2 atom stereocenters. The van der Waals surface area contributed by atoms with E-state index in [4.69, 9.17) is 5.73 Å². The fraction of sp³-hybridized carbons (Fsp3) is 0.682. The molecule has 4 nitrogen and oxygen atoms in total. The lowest BCUT2D eigenvalue weighted by molar-refractivity contribution is -0.122. The zero-order valence-electron chi connectivity index (χ0n) is 16.8. The van der Waals surface area contributed by atoms with Gasteiger partial charge in [0.2, 0.25) is 5.91 Å². The van der Waals surface area contributed by atoms with E-state index < -0.39 is 0 Å². The van der Waals surface area contributed by atoms with Gasteiger partial charge in [0.25, 0.3) is 0 Å². The lowest BCUT2D eigenvalue weighted by atomic mass is 9.65. The molecule has 1 amide bonds. The number of rotatable bonds is 3. The van der Waals surface area contributed by atoms with Crippen LogP contribution in [-0.2, 0) is 4.79 Å². The molecule has 0 radical (unpaired) electrons. The lowest BCUT2D eigenvalue weighted by Gasteiger charge is -2.43. The van der Waals surface area contributed by atoms with E-state index in [0.717, 1.165) is 37.5 Å². The molecule has 158 valence electrons. The Labute approximate surface area is 181 Å². The maximum atomic E-state index is 12.9. The Morgan fingerprint density at radius 1 is 1.07 bits per heavy atom. The first kappa shape index (κ1) is 23.3. The van der Waals surface area contributed by atoms with Crippen LogP contribution in [0.25, 0.3) is 0 Å². The van der Waals surface area contributed by atoms with Crippen molar-refractivity contribution in [2.75, 3.05) is 23.3 Å². The number of nitrogens with two attached hydrogens (primary N) is 1. The summed E-state index contributed by atoms with van der Waals surface area (Å²) in [5.74, 6) is 2.23. The first-order valence-electron chi connectivity index (χ1n) is 10.5. The maximum Gasteiger partial charge on any atom is 0.227 e. The SMILES string of the molecule is CC1CCN(c2cccc(NC(=O)C3CC4CCCC(C3)C4N)c2)CC1.Cl.Cl. The third-order valence-corrected chi connectivity index (χ3v) is 7.05. The highest BCUT2D eigenvalue weighted by atomic mass is 35.5. The smallest absolute Gasteiger partial charge is 0.227 e. The van der Waals surface area contributed by atoms with Crippen LogP contribution in [0.4, 0.5) is 11.4 Å². The van der Waals surface area contributed by atoms with Gasteiger partial charge in [0.1, 0.15) is 0 Å². The third-order valence-electron chi connectivity index (χ3n) is 7.05. The van der Waals surface area contributed by atoms with Crippen LogP contribution >= 0.6 is 24.8 Å². The van der Waals surface area contributed by atoms with Gasteiger partial charge in [-0.1, -0.05) is 19.4 Å². The molecule has 1 aromatic carbocycles. The molecule has 2 aliphatic carbocycles. The summed E-state index contributed by atoms with van der Waals surface area (Å²) in [6, 6.07) is 8.70. The van der Waals surface area contributed by atoms with Crippen molar-refractivity contribution in [2.45, 2.75) is 57.9 Å². The second kappa shape index (κ2) is 10.2. The maximum absolute atomic E-state index is 12.9. The second-order valence-corrected chi connectivity index (χ2v) is 8.91. The van der Waals surface area contributed by atoms with E-state index in [0.29, 0.717) is 17.9 Å². The van der Waals surface area contributed by atoms with Crippen molar-refractivity contribution < 1.29 is 4.79 Å². The van der Waals surface area contributed by atoms with Gasteiger partial charge in [0, 0.05) is 36.4 Å². The number of halogens is 2. The predicted molar refractivity (Wildman–Crippen MR) is 122 cm³/mol. The van der Waals surface area contributed by atoms with Gasteiger partial charge in [-0.2, -0.15) is 0 Å². The number of nitrogens with zero attached hydrogens (tertiary/aromatic N) is 1. The molecule has 3 aliphatic rings. The number of piperidine rings is 1. The molecule has 0 aromatic heterocycles. The van der Waals surface area contributed by atoms with Crippen LogP contribution in [-0.4, -0.2) is 25.0 Å². The first-order valence-corrected chi connectivity index (χ1v) is 10.5. The van der Waals surface area contributed by atoms with Crippen LogP contribution in [0.1, 0.15) is 51.9 Å². The summed E-state index contributed by atoms with van der Waals surface area (Å²) in [6.45, 7) is 4.56. The summed E-state index contributed by atoms with van der Waals surface area (Å²) in [6.07, 6.45) is 8.12. The van der Waals surface area contributed by atoms with Crippen molar-refractivity contribution in [3.05, 3.63) is 24.3 Å². The minimum atomic E-state index is 0. The number of hydrogen-bond acceptors (Lipinski definition) is 3. The van der Waals surface area contributed by atoms with Crippen LogP contribution < -0.4 is 16.0 Å². The van der Waals surface area contributed by atoms with Gasteiger partial charge in [-0.05, 0) is 74.5 Å². The molecule has 28 heavy (non-hydrogen) atoms. The molecule has 2 bridgehead atoms.